The van der Waals surface area contributed by atoms with Crippen molar-refractivity contribution >= 4 is 5.91 Å². The Kier molecular flexibility index (Phi) is 4.78. The number of hydrogen-bond acceptors (Lipinski definition) is 4. The molecular weight excluding hydrogens is 232 g/mol. The van der Waals surface area contributed by atoms with Crippen LogP contribution in [0.25, 0.3) is 0 Å². The molecule has 1 aliphatic heterocycles. The molecule has 5 heteroatoms. The SMILES string of the molecule is CC(OCC1CCCN1)C(=O)NCc1ccco1. The van der Waals surface area contributed by atoms with Crippen LogP contribution >= 0.6 is 0 Å². The third-order valence-electron chi connectivity index (χ3n) is 3.10. The lowest BCUT2D eigenvalue weighted by atomic mass is 10.2. The van der Waals surface area contributed by atoms with E-state index >= 15 is 0 Å². The highest BCUT2D eigenvalue weighted by Gasteiger charge is 2.18. The molecule has 2 unspecified atom stereocenters. The zero-order valence-corrected chi connectivity index (χ0v) is 10.6. The Labute approximate surface area is 107 Å². The maximum atomic E-state index is 11.7. The monoisotopic (exact) mass is 252 g/mol. The number of ether oxygens (including phenoxy) is 1. The van der Waals surface area contributed by atoms with Crippen LogP contribution in [0, 0.1) is 0 Å². The Balaban J connectivity index is 1.64. The molecule has 0 aliphatic carbocycles. The second-order valence-electron chi connectivity index (χ2n) is 4.57. The largest absolute Gasteiger partial charge is 0.467 e. The van der Waals surface area contributed by atoms with Crippen LogP contribution in [-0.4, -0.2) is 31.2 Å². The predicted octanol–water partition coefficient (Wildman–Crippen LogP) is 1.05. The molecule has 0 bridgehead atoms. The van der Waals surface area contributed by atoms with Crippen LogP contribution in [0.1, 0.15) is 25.5 Å². The first-order valence-electron chi connectivity index (χ1n) is 6.41. The summed E-state index contributed by atoms with van der Waals surface area (Å²) < 4.78 is 10.7. The summed E-state index contributed by atoms with van der Waals surface area (Å²) in [6.45, 7) is 3.82. The molecule has 1 aromatic rings. The number of hydrogen-bond donors (Lipinski definition) is 2. The topological polar surface area (TPSA) is 63.5 Å². The van der Waals surface area contributed by atoms with Crippen molar-refractivity contribution in [3.05, 3.63) is 24.2 Å². The molecule has 2 heterocycles. The minimum absolute atomic E-state index is 0.107. The highest BCUT2D eigenvalue weighted by molar-refractivity contribution is 5.80. The summed E-state index contributed by atoms with van der Waals surface area (Å²) in [7, 11) is 0. The standard InChI is InChI=1S/C13H20N2O3/c1-10(18-9-11-4-2-6-14-11)13(16)15-8-12-5-3-7-17-12/h3,5,7,10-11,14H,2,4,6,8-9H2,1H3,(H,15,16). The molecule has 2 N–H and O–H groups in total. The second kappa shape index (κ2) is 6.56. The third kappa shape index (κ3) is 3.85. The number of carbonyl (C=O) groups excluding carboxylic acids is 1. The maximum Gasteiger partial charge on any atom is 0.249 e. The molecule has 0 saturated carbocycles. The Morgan fingerprint density at radius 2 is 2.61 bits per heavy atom. The van der Waals surface area contributed by atoms with E-state index in [0.29, 0.717) is 19.2 Å². The van der Waals surface area contributed by atoms with Gasteiger partial charge in [-0.05, 0) is 38.4 Å². The number of furan rings is 1. The fourth-order valence-corrected chi connectivity index (χ4v) is 1.97. The van der Waals surface area contributed by atoms with Crippen molar-refractivity contribution in [2.75, 3.05) is 13.2 Å². The van der Waals surface area contributed by atoms with Crippen LogP contribution in [0.4, 0.5) is 0 Å². The van der Waals surface area contributed by atoms with Gasteiger partial charge in [0.1, 0.15) is 11.9 Å². The van der Waals surface area contributed by atoms with Gasteiger partial charge in [0, 0.05) is 6.04 Å². The number of carbonyl (C=O) groups is 1. The minimum Gasteiger partial charge on any atom is -0.467 e. The van der Waals surface area contributed by atoms with E-state index < -0.39 is 6.10 Å². The molecular formula is C13H20N2O3. The average molecular weight is 252 g/mol. The van der Waals surface area contributed by atoms with E-state index in [4.69, 9.17) is 9.15 Å². The van der Waals surface area contributed by atoms with Gasteiger partial charge in [-0.25, -0.2) is 0 Å². The average Bonchev–Trinajstić information content (AvgIpc) is 3.05. The van der Waals surface area contributed by atoms with Crippen LogP contribution < -0.4 is 10.6 Å². The van der Waals surface area contributed by atoms with Crippen molar-refractivity contribution in [3.63, 3.8) is 0 Å². The summed E-state index contributed by atoms with van der Waals surface area (Å²) in [5.74, 6) is 0.636. The maximum absolute atomic E-state index is 11.7. The van der Waals surface area contributed by atoms with Gasteiger partial charge in [-0.3, -0.25) is 4.79 Å². The number of amides is 1. The molecule has 2 rings (SSSR count). The van der Waals surface area contributed by atoms with Gasteiger partial charge in [0.05, 0.1) is 19.4 Å². The van der Waals surface area contributed by atoms with Gasteiger partial charge >= 0.3 is 0 Å². The number of nitrogens with one attached hydrogen (secondary N) is 2. The second-order valence-corrected chi connectivity index (χ2v) is 4.57. The van der Waals surface area contributed by atoms with Gasteiger partial charge in [-0.2, -0.15) is 0 Å². The molecule has 1 fully saturated rings. The van der Waals surface area contributed by atoms with E-state index in [1.165, 1.54) is 6.42 Å². The highest BCUT2D eigenvalue weighted by Crippen LogP contribution is 2.06. The van der Waals surface area contributed by atoms with Crippen LogP contribution in [0.3, 0.4) is 0 Å². The Hall–Kier alpha value is -1.33. The van der Waals surface area contributed by atoms with E-state index in [1.807, 2.05) is 6.07 Å². The molecule has 1 aliphatic rings. The van der Waals surface area contributed by atoms with Crippen LogP contribution in [0.2, 0.25) is 0 Å². The first-order chi connectivity index (χ1) is 8.75. The van der Waals surface area contributed by atoms with Crippen LogP contribution in [0.15, 0.2) is 22.8 Å². The van der Waals surface area contributed by atoms with Crippen molar-refractivity contribution in [1.29, 1.82) is 0 Å². The lowest BCUT2D eigenvalue weighted by Crippen LogP contribution is -2.37. The van der Waals surface area contributed by atoms with Gasteiger partial charge < -0.3 is 19.8 Å². The molecule has 1 aromatic heterocycles. The summed E-state index contributed by atoms with van der Waals surface area (Å²) in [5.41, 5.74) is 0. The molecule has 18 heavy (non-hydrogen) atoms. The van der Waals surface area contributed by atoms with Crippen LogP contribution in [0.5, 0.6) is 0 Å². The fraction of sp³-hybridized carbons (Fsp3) is 0.615. The van der Waals surface area contributed by atoms with Gasteiger partial charge in [0.25, 0.3) is 0 Å². The quantitative estimate of drug-likeness (QED) is 0.794. The van der Waals surface area contributed by atoms with Crippen molar-refractivity contribution in [2.24, 2.45) is 0 Å². The normalized spacial score (nSPS) is 20.8. The molecule has 5 nitrogen and oxygen atoms in total. The van der Waals surface area contributed by atoms with E-state index in [9.17, 15) is 4.79 Å². The van der Waals surface area contributed by atoms with E-state index in [-0.39, 0.29) is 5.91 Å². The predicted molar refractivity (Wildman–Crippen MR) is 67.0 cm³/mol. The van der Waals surface area contributed by atoms with Crippen LogP contribution in [-0.2, 0) is 16.1 Å². The van der Waals surface area contributed by atoms with Gasteiger partial charge in [-0.15, -0.1) is 0 Å². The molecule has 1 amide bonds. The van der Waals surface area contributed by atoms with Crippen molar-refractivity contribution in [1.82, 2.24) is 10.6 Å². The first-order valence-corrected chi connectivity index (χ1v) is 6.41. The Morgan fingerprint density at radius 1 is 1.72 bits per heavy atom. The lowest BCUT2D eigenvalue weighted by molar-refractivity contribution is -0.132. The van der Waals surface area contributed by atoms with E-state index in [2.05, 4.69) is 10.6 Å². The summed E-state index contributed by atoms with van der Waals surface area (Å²) in [5, 5.41) is 6.12. The van der Waals surface area contributed by atoms with Gasteiger partial charge in [0.15, 0.2) is 0 Å². The Bertz CT molecular complexity index is 358. The van der Waals surface area contributed by atoms with E-state index in [0.717, 1.165) is 18.7 Å². The van der Waals surface area contributed by atoms with Gasteiger partial charge in [0.2, 0.25) is 5.91 Å². The van der Waals surface area contributed by atoms with Crippen molar-refractivity contribution in [3.8, 4) is 0 Å². The summed E-state index contributed by atoms with van der Waals surface area (Å²) in [4.78, 5) is 11.7. The molecule has 1 saturated heterocycles. The fourth-order valence-electron chi connectivity index (χ4n) is 1.97. The molecule has 0 radical (unpaired) electrons. The van der Waals surface area contributed by atoms with Gasteiger partial charge in [-0.1, -0.05) is 0 Å². The zero-order valence-electron chi connectivity index (χ0n) is 10.6. The number of rotatable bonds is 6. The third-order valence-corrected chi connectivity index (χ3v) is 3.10. The summed E-state index contributed by atoms with van der Waals surface area (Å²) >= 11 is 0. The first kappa shape index (κ1) is 13.1. The smallest absolute Gasteiger partial charge is 0.249 e. The summed E-state index contributed by atoms with van der Waals surface area (Å²) in [6, 6.07) is 4.02. The van der Waals surface area contributed by atoms with Crippen molar-refractivity contribution < 1.29 is 13.9 Å². The highest BCUT2D eigenvalue weighted by atomic mass is 16.5. The van der Waals surface area contributed by atoms with Crippen molar-refractivity contribution in [2.45, 2.75) is 38.5 Å². The summed E-state index contributed by atoms with van der Waals surface area (Å²) in [6.07, 6.45) is 3.48. The molecule has 0 spiro atoms. The zero-order chi connectivity index (χ0) is 12.8. The lowest BCUT2D eigenvalue weighted by Gasteiger charge is -2.16. The minimum atomic E-state index is -0.428. The molecule has 0 aromatic carbocycles. The van der Waals surface area contributed by atoms with E-state index in [1.54, 1.807) is 19.3 Å². The molecule has 2 atom stereocenters. The Morgan fingerprint density at radius 3 is 3.28 bits per heavy atom. The molecule has 100 valence electrons.